The number of rotatable bonds is 3. The quantitative estimate of drug-likeness (QED) is 0.380. The fourth-order valence-corrected chi connectivity index (χ4v) is 5.56. The van der Waals surface area contributed by atoms with Crippen LogP contribution in [0.15, 0.2) is 60.7 Å². The molecule has 2 aliphatic rings. The monoisotopic (exact) mass is 483 g/mol. The molecule has 2 aliphatic heterocycles. The minimum Gasteiger partial charge on any atom is -0.371 e. The zero-order valence-electron chi connectivity index (χ0n) is 19.7. The van der Waals surface area contributed by atoms with Gasteiger partial charge in [-0.25, -0.2) is 4.98 Å². The number of carbonyl (C=O) groups is 1. The fourth-order valence-electron chi connectivity index (χ4n) is 5.44. The van der Waals surface area contributed by atoms with Gasteiger partial charge in [0.1, 0.15) is 5.82 Å². The summed E-state index contributed by atoms with van der Waals surface area (Å²) in [6.45, 7) is 5.65. The van der Waals surface area contributed by atoms with Gasteiger partial charge < -0.3 is 10.2 Å². The summed E-state index contributed by atoms with van der Waals surface area (Å²) in [6.07, 6.45) is 1.57. The first-order valence-corrected chi connectivity index (χ1v) is 12.3. The maximum atomic E-state index is 13.3. The van der Waals surface area contributed by atoms with E-state index in [0.29, 0.717) is 5.82 Å². The summed E-state index contributed by atoms with van der Waals surface area (Å²) in [4.78, 5) is 20.1. The minimum absolute atomic E-state index is 0.113. The number of halogens is 1. The summed E-state index contributed by atoms with van der Waals surface area (Å²) in [5.41, 5.74) is 7.03. The second kappa shape index (κ2) is 8.24. The normalized spacial score (nSPS) is 16.4. The van der Waals surface area contributed by atoms with Crippen LogP contribution >= 0.6 is 11.6 Å². The zero-order valence-corrected chi connectivity index (χ0v) is 20.5. The number of nitrogens with one attached hydrogen (secondary N) is 2. The summed E-state index contributed by atoms with van der Waals surface area (Å²) in [5.74, 6) is 1.58. The van der Waals surface area contributed by atoms with Crippen LogP contribution in [0.4, 0.5) is 11.4 Å². The van der Waals surface area contributed by atoms with Gasteiger partial charge in [0.2, 0.25) is 5.91 Å². The highest BCUT2D eigenvalue weighted by Gasteiger charge is 2.48. The van der Waals surface area contributed by atoms with E-state index in [2.05, 4.69) is 62.7 Å². The molecule has 6 nitrogen and oxygen atoms in total. The Bertz CT molecular complexity index is 1430. The van der Waals surface area contributed by atoms with Crippen LogP contribution in [-0.2, 0) is 10.2 Å². The Morgan fingerprint density at radius 2 is 1.69 bits per heavy atom. The van der Waals surface area contributed by atoms with E-state index in [1.165, 1.54) is 0 Å². The van der Waals surface area contributed by atoms with Crippen molar-refractivity contribution in [1.29, 1.82) is 0 Å². The number of fused-ring (bicyclic) bond motifs is 2. The number of benzene rings is 3. The molecule has 1 spiro atoms. The molecule has 7 heteroatoms. The van der Waals surface area contributed by atoms with Crippen LogP contribution in [0.25, 0.3) is 22.5 Å². The first kappa shape index (κ1) is 21.9. The molecule has 0 saturated carbocycles. The standard InChI is InChI=1S/C28H26ClN5O/c1-17-3-4-20(26-30-18(2)32-33-26)15-23(17)19-5-10-24-25(16-19)31-27(35)28(24)11-13-34(14-12-28)22-8-6-21(29)7-9-22/h3-10,15-16H,11-14H2,1-2H3,(H,31,35)(H,30,32,33). The van der Waals surface area contributed by atoms with Crippen molar-refractivity contribution >= 4 is 28.9 Å². The Balaban J connectivity index is 1.29. The van der Waals surface area contributed by atoms with Crippen LogP contribution in [0.3, 0.4) is 0 Å². The Hall–Kier alpha value is -3.64. The molecule has 6 rings (SSSR count). The van der Waals surface area contributed by atoms with E-state index >= 15 is 0 Å². The molecule has 0 aliphatic carbocycles. The van der Waals surface area contributed by atoms with E-state index < -0.39 is 5.41 Å². The summed E-state index contributed by atoms with van der Waals surface area (Å²) >= 11 is 6.05. The van der Waals surface area contributed by atoms with Gasteiger partial charge in [0.05, 0.1) is 5.41 Å². The maximum absolute atomic E-state index is 13.3. The largest absolute Gasteiger partial charge is 0.371 e. The van der Waals surface area contributed by atoms with E-state index in [9.17, 15) is 4.79 Å². The Morgan fingerprint density at radius 3 is 2.40 bits per heavy atom. The first-order chi connectivity index (χ1) is 16.9. The molecular formula is C28H26ClN5O. The second-order valence-electron chi connectivity index (χ2n) is 9.53. The number of carbonyl (C=O) groups excluding carboxylic acids is 1. The number of H-pyrrole nitrogens is 1. The molecule has 0 unspecified atom stereocenters. The molecule has 0 bridgehead atoms. The third kappa shape index (κ3) is 3.69. The van der Waals surface area contributed by atoms with E-state index in [-0.39, 0.29) is 5.91 Å². The molecule has 2 N–H and O–H groups in total. The molecule has 0 atom stereocenters. The van der Waals surface area contributed by atoms with Crippen LogP contribution in [-0.4, -0.2) is 34.2 Å². The molecule has 3 heterocycles. The SMILES string of the molecule is Cc1nc(-c2ccc(C)c(-c3ccc4c(c3)NC(=O)C43CCN(c4ccc(Cl)cc4)CC3)c2)n[nH]1. The van der Waals surface area contributed by atoms with Crippen molar-refractivity contribution in [2.75, 3.05) is 23.3 Å². The molecule has 35 heavy (non-hydrogen) atoms. The second-order valence-corrected chi connectivity index (χ2v) is 9.97. The van der Waals surface area contributed by atoms with Gasteiger partial charge >= 0.3 is 0 Å². The van der Waals surface area contributed by atoms with Gasteiger partial charge in [0.15, 0.2) is 5.82 Å². The maximum Gasteiger partial charge on any atom is 0.235 e. The van der Waals surface area contributed by atoms with Crippen LogP contribution in [0, 0.1) is 13.8 Å². The number of anilines is 2. The van der Waals surface area contributed by atoms with Gasteiger partial charge in [0, 0.05) is 35.1 Å². The predicted octanol–water partition coefficient (Wildman–Crippen LogP) is 5.90. The molecule has 1 fully saturated rings. The summed E-state index contributed by atoms with van der Waals surface area (Å²) in [6, 6.07) is 20.6. The number of hydrogen-bond donors (Lipinski definition) is 2. The predicted molar refractivity (Wildman–Crippen MR) is 140 cm³/mol. The number of nitrogens with zero attached hydrogens (tertiary/aromatic N) is 3. The molecular weight excluding hydrogens is 458 g/mol. The molecule has 1 saturated heterocycles. The fraction of sp³-hybridized carbons (Fsp3) is 0.250. The number of amides is 1. The molecule has 3 aromatic carbocycles. The number of aromatic nitrogens is 3. The molecule has 176 valence electrons. The zero-order chi connectivity index (χ0) is 24.2. The molecule has 1 amide bonds. The topological polar surface area (TPSA) is 73.9 Å². The number of hydrogen-bond acceptors (Lipinski definition) is 4. The van der Waals surface area contributed by atoms with Gasteiger partial charge in [-0.15, -0.1) is 0 Å². The third-order valence-electron chi connectivity index (χ3n) is 7.43. The van der Waals surface area contributed by atoms with Crippen LogP contribution in [0.2, 0.25) is 5.02 Å². The van der Waals surface area contributed by atoms with E-state index in [0.717, 1.165) is 76.0 Å². The van der Waals surface area contributed by atoms with Crippen molar-refractivity contribution in [3.05, 3.63) is 82.6 Å². The smallest absolute Gasteiger partial charge is 0.235 e. The van der Waals surface area contributed by atoms with Gasteiger partial charge in [-0.3, -0.25) is 9.89 Å². The average Bonchev–Trinajstić information content (AvgIpc) is 3.41. The summed E-state index contributed by atoms with van der Waals surface area (Å²) in [7, 11) is 0. The van der Waals surface area contributed by atoms with Crippen molar-refractivity contribution in [2.45, 2.75) is 32.1 Å². The lowest BCUT2D eigenvalue weighted by Crippen LogP contribution is -2.46. The van der Waals surface area contributed by atoms with Crippen molar-refractivity contribution in [3.8, 4) is 22.5 Å². The van der Waals surface area contributed by atoms with Gasteiger partial charge in [-0.2, -0.15) is 5.10 Å². The number of piperidine rings is 1. The van der Waals surface area contributed by atoms with Crippen molar-refractivity contribution in [3.63, 3.8) is 0 Å². The van der Waals surface area contributed by atoms with Crippen LogP contribution in [0.1, 0.15) is 29.8 Å². The minimum atomic E-state index is -0.468. The van der Waals surface area contributed by atoms with Gasteiger partial charge in [-0.05, 0) is 85.3 Å². The molecule has 4 aromatic rings. The Labute approximate surface area is 209 Å². The van der Waals surface area contributed by atoms with Crippen molar-refractivity contribution < 1.29 is 4.79 Å². The number of aromatic amines is 1. The highest BCUT2D eigenvalue weighted by Crippen LogP contribution is 2.47. The van der Waals surface area contributed by atoms with E-state index in [1.807, 2.05) is 37.3 Å². The molecule has 1 aromatic heterocycles. The lowest BCUT2D eigenvalue weighted by Gasteiger charge is -2.39. The van der Waals surface area contributed by atoms with Crippen molar-refractivity contribution in [1.82, 2.24) is 15.2 Å². The van der Waals surface area contributed by atoms with E-state index in [4.69, 9.17) is 11.6 Å². The van der Waals surface area contributed by atoms with E-state index in [1.54, 1.807) is 0 Å². The third-order valence-corrected chi connectivity index (χ3v) is 7.68. The highest BCUT2D eigenvalue weighted by molar-refractivity contribution is 6.30. The first-order valence-electron chi connectivity index (χ1n) is 11.9. The summed E-state index contributed by atoms with van der Waals surface area (Å²) in [5, 5.41) is 11.1. The van der Waals surface area contributed by atoms with Gasteiger partial charge in [0.25, 0.3) is 0 Å². The molecule has 0 radical (unpaired) electrons. The van der Waals surface area contributed by atoms with Crippen molar-refractivity contribution in [2.24, 2.45) is 0 Å². The summed E-state index contributed by atoms with van der Waals surface area (Å²) < 4.78 is 0. The lowest BCUT2D eigenvalue weighted by molar-refractivity contribution is -0.121. The average molecular weight is 484 g/mol. The van der Waals surface area contributed by atoms with Crippen LogP contribution in [0.5, 0.6) is 0 Å². The highest BCUT2D eigenvalue weighted by atomic mass is 35.5. The Kier molecular flexibility index (Phi) is 5.15. The van der Waals surface area contributed by atoms with Gasteiger partial charge in [-0.1, -0.05) is 35.9 Å². The Morgan fingerprint density at radius 1 is 0.943 bits per heavy atom. The van der Waals surface area contributed by atoms with Crippen LogP contribution < -0.4 is 10.2 Å². The number of aryl methyl sites for hydroxylation is 2. The lowest BCUT2D eigenvalue weighted by atomic mass is 9.73.